The van der Waals surface area contributed by atoms with Gasteiger partial charge in [0.25, 0.3) is 0 Å². The van der Waals surface area contributed by atoms with Gasteiger partial charge in [-0.3, -0.25) is 0 Å². The number of fused-ring (bicyclic) bond motifs is 2. The highest BCUT2D eigenvalue weighted by atomic mass is 15.0. The molecule has 2 aromatic rings. The molecule has 1 N–H and O–H groups in total. The first-order chi connectivity index (χ1) is 9.42. The van der Waals surface area contributed by atoms with E-state index in [2.05, 4.69) is 34.6 Å². The van der Waals surface area contributed by atoms with Crippen LogP contribution in [-0.4, -0.2) is 9.97 Å². The van der Waals surface area contributed by atoms with Gasteiger partial charge in [-0.05, 0) is 30.4 Å². The van der Waals surface area contributed by atoms with Crippen LogP contribution in [0.4, 0.5) is 0 Å². The first-order valence-corrected chi connectivity index (χ1v) is 7.05. The Labute approximate surface area is 113 Å². The lowest BCUT2D eigenvalue weighted by Gasteiger charge is -2.24. The lowest BCUT2D eigenvalue weighted by atomic mass is 9.82. The lowest BCUT2D eigenvalue weighted by molar-refractivity contribution is 0.587. The molecule has 4 rings (SSSR count). The number of hydrogen-bond acceptors (Lipinski definition) is 3. The maximum atomic E-state index is 4.80. The number of benzene rings is 1. The third-order valence-electron chi connectivity index (χ3n) is 4.26. The van der Waals surface area contributed by atoms with Gasteiger partial charge in [-0.2, -0.15) is 0 Å². The Morgan fingerprint density at radius 2 is 2.05 bits per heavy atom. The van der Waals surface area contributed by atoms with Gasteiger partial charge in [0.1, 0.15) is 5.82 Å². The zero-order valence-corrected chi connectivity index (χ0v) is 10.9. The Morgan fingerprint density at radius 1 is 1.11 bits per heavy atom. The van der Waals surface area contributed by atoms with E-state index >= 15 is 0 Å². The zero-order chi connectivity index (χ0) is 12.7. The molecule has 2 aliphatic rings. The van der Waals surface area contributed by atoms with Crippen molar-refractivity contribution in [3.8, 4) is 0 Å². The average Bonchev–Trinajstić information content (AvgIpc) is 2.94. The molecular formula is C16H17N3. The van der Waals surface area contributed by atoms with E-state index in [0.717, 1.165) is 18.9 Å². The summed E-state index contributed by atoms with van der Waals surface area (Å²) in [6.07, 6.45) is 5.61. The first kappa shape index (κ1) is 11.1. The highest BCUT2D eigenvalue weighted by Gasteiger charge is 2.25. The summed E-state index contributed by atoms with van der Waals surface area (Å²) in [5.74, 6) is 1.39. The maximum Gasteiger partial charge on any atom is 0.136 e. The average molecular weight is 251 g/mol. The van der Waals surface area contributed by atoms with Gasteiger partial charge in [0.05, 0.1) is 5.69 Å². The molecule has 1 atom stereocenters. The van der Waals surface area contributed by atoms with E-state index in [0.29, 0.717) is 5.92 Å². The van der Waals surface area contributed by atoms with Crippen molar-refractivity contribution in [2.24, 2.45) is 0 Å². The van der Waals surface area contributed by atoms with Crippen LogP contribution in [0.25, 0.3) is 0 Å². The van der Waals surface area contributed by atoms with Gasteiger partial charge >= 0.3 is 0 Å². The smallest absolute Gasteiger partial charge is 0.136 e. The Hall–Kier alpha value is -1.74. The lowest BCUT2D eigenvalue weighted by Crippen LogP contribution is -2.14. The number of nitrogens with one attached hydrogen (secondary N) is 1. The summed E-state index contributed by atoms with van der Waals surface area (Å²) in [4.78, 5) is 9.42. The van der Waals surface area contributed by atoms with Crippen LogP contribution in [0, 0.1) is 0 Å². The monoisotopic (exact) mass is 251 g/mol. The zero-order valence-electron chi connectivity index (χ0n) is 10.9. The first-order valence-electron chi connectivity index (χ1n) is 7.05. The molecule has 0 amide bonds. The third kappa shape index (κ3) is 1.85. The van der Waals surface area contributed by atoms with Gasteiger partial charge in [0.2, 0.25) is 0 Å². The number of rotatable bonds is 1. The summed E-state index contributed by atoms with van der Waals surface area (Å²) >= 11 is 0. The Balaban J connectivity index is 1.77. The quantitative estimate of drug-likeness (QED) is 0.846. The standard InChI is InChI=1S/C16H17N3/c1-2-6-13-11(4-1)5-3-7-14(13)16-18-9-12-8-17-10-15(12)19-16/h1-2,4,6,9,14,17H,3,5,7-8,10H2. The number of hydrogen-bond donors (Lipinski definition) is 1. The van der Waals surface area contributed by atoms with Crippen molar-refractivity contribution in [1.82, 2.24) is 15.3 Å². The molecule has 1 aliphatic carbocycles. The fraction of sp³-hybridized carbons (Fsp3) is 0.375. The summed E-state index contributed by atoms with van der Waals surface area (Å²) in [5, 5.41) is 3.33. The molecule has 3 nitrogen and oxygen atoms in total. The number of aryl methyl sites for hydroxylation is 1. The van der Waals surface area contributed by atoms with Gasteiger partial charge in [-0.15, -0.1) is 0 Å². The predicted molar refractivity (Wildman–Crippen MR) is 73.8 cm³/mol. The normalized spacial score (nSPS) is 20.9. The molecular weight excluding hydrogens is 234 g/mol. The summed E-state index contributed by atoms with van der Waals surface area (Å²) in [6, 6.07) is 8.76. The fourth-order valence-corrected chi connectivity index (χ4v) is 3.26. The summed E-state index contributed by atoms with van der Waals surface area (Å²) in [6.45, 7) is 1.80. The van der Waals surface area contributed by atoms with Gasteiger partial charge in [0.15, 0.2) is 0 Å². The van der Waals surface area contributed by atoms with Crippen molar-refractivity contribution in [2.75, 3.05) is 0 Å². The molecule has 2 heterocycles. The van der Waals surface area contributed by atoms with E-state index in [-0.39, 0.29) is 0 Å². The van der Waals surface area contributed by atoms with Gasteiger partial charge in [-0.25, -0.2) is 9.97 Å². The van der Waals surface area contributed by atoms with Crippen LogP contribution in [0.3, 0.4) is 0 Å². The van der Waals surface area contributed by atoms with Crippen LogP contribution >= 0.6 is 0 Å². The number of nitrogens with zero attached hydrogens (tertiary/aromatic N) is 2. The maximum absolute atomic E-state index is 4.80. The van der Waals surface area contributed by atoms with Crippen LogP contribution in [-0.2, 0) is 19.5 Å². The van der Waals surface area contributed by atoms with Crippen LogP contribution in [0.15, 0.2) is 30.5 Å². The Bertz CT molecular complexity index is 621. The van der Waals surface area contributed by atoms with E-state index in [9.17, 15) is 0 Å². The predicted octanol–water partition coefficient (Wildman–Crippen LogP) is 2.55. The molecule has 96 valence electrons. The molecule has 3 heteroatoms. The minimum absolute atomic E-state index is 0.385. The van der Waals surface area contributed by atoms with Crippen LogP contribution in [0.5, 0.6) is 0 Å². The molecule has 0 bridgehead atoms. The second-order valence-electron chi connectivity index (χ2n) is 5.45. The highest BCUT2D eigenvalue weighted by molar-refractivity contribution is 5.37. The molecule has 19 heavy (non-hydrogen) atoms. The van der Waals surface area contributed by atoms with Crippen molar-refractivity contribution >= 4 is 0 Å². The van der Waals surface area contributed by atoms with Crippen molar-refractivity contribution < 1.29 is 0 Å². The van der Waals surface area contributed by atoms with Crippen molar-refractivity contribution in [3.05, 3.63) is 58.7 Å². The minimum Gasteiger partial charge on any atom is -0.307 e. The molecule has 0 saturated heterocycles. The highest BCUT2D eigenvalue weighted by Crippen LogP contribution is 2.35. The van der Waals surface area contributed by atoms with E-state index in [1.807, 2.05) is 6.20 Å². The van der Waals surface area contributed by atoms with Crippen molar-refractivity contribution in [2.45, 2.75) is 38.3 Å². The van der Waals surface area contributed by atoms with E-state index in [4.69, 9.17) is 4.98 Å². The molecule has 1 aliphatic heterocycles. The SMILES string of the molecule is c1ccc2c(c1)CCCC2c1ncc2c(n1)CNC2. The molecule has 0 spiro atoms. The van der Waals surface area contributed by atoms with Crippen LogP contribution in [0.2, 0.25) is 0 Å². The van der Waals surface area contributed by atoms with E-state index in [1.165, 1.54) is 41.6 Å². The molecule has 1 unspecified atom stereocenters. The van der Waals surface area contributed by atoms with Gasteiger partial charge in [-0.1, -0.05) is 24.3 Å². The van der Waals surface area contributed by atoms with Crippen LogP contribution in [0.1, 0.15) is 47.0 Å². The van der Waals surface area contributed by atoms with E-state index in [1.54, 1.807) is 0 Å². The molecule has 0 fully saturated rings. The molecule has 1 aromatic heterocycles. The summed E-state index contributed by atoms with van der Waals surface area (Å²) in [5.41, 5.74) is 5.35. The Kier molecular flexibility index (Phi) is 2.59. The minimum atomic E-state index is 0.385. The van der Waals surface area contributed by atoms with Gasteiger partial charge < -0.3 is 5.32 Å². The largest absolute Gasteiger partial charge is 0.307 e. The van der Waals surface area contributed by atoms with Crippen LogP contribution < -0.4 is 5.32 Å². The van der Waals surface area contributed by atoms with Crippen molar-refractivity contribution in [3.63, 3.8) is 0 Å². The second-order valence-corrected chi connectivity index (χ2v) is 5.45. The summed E-state index contributed by atoms with van der Waals surface area (Å²) in [7, 11) is 0. The van der Waals surface area contributed by atoms with Gasteiger partial charge in [0, 0.05) is 30.8 Å². The fourth-order valence-electron chi connectivity index (χ4n) is 3.26. The second kappa shape index (κ2) is 4.42. The third-order valence-corrected chi connectivity index (χ3v) is 4.26. The molecule has 0 saturated carbocycles. The summed E-state index contributed by atoms with van der Waals surface area (Å²) < 4.78 is 0. The van der Waals surface area contributed by atoms with Crippen molar-refractivity contribution in [1.29, 1.82) is 0 Å². The van der Waals surface area contributed by atoms with E-state index < -0.39 is 0 Å². The Morgan fingerprint density at radius 3 is 3.05 bits per heavy atom. The molecule has 1 aromatic carbocycles. The molecule has 0 radical (unpaired) electrons. The topological polar surface area (TPSA) is 37.8 Å². The number of aromatic nitrogens is 2.